The Kier molecular flexibility index (Phi) is 11.4. The summed E-state index contributed by atoms with van der Waals surface area (Å²) < 4.78 is 19.5. The van der Waals surface area contributed by atoms with E-state index >= 15 is 0 Å². The Labute approximate surface area is 151 Å². The van der Waals surface area contributed by atoms with Crippen molar-refractivity contribution in [1.82, 2.24) is 0 Å². The van der Waals surface area contributed by atoms with Crippen molar-refractivity contribution >= 4 is 8.80 Å². The van der Waals surface area contributed by atoms with E-state index in [1.165, 1.54) is 75.6 Å². The highest BCUT2D eigenvalue weighted by atomic mass is 28.4. The average Bonchev–Trinajstić information content (AvgIpc) is 2.59. The van der Waals surface area contributed by atoms with Gasteiger partial charge in [-0.1, -0.05) is 19.8 Å². The molecular weight excluding hydrogens is 318 g/mol. The van der Waals surface area contributed by atoms with Gasteiger partial charge in [0.1, 0.15) is 0 Å². The average molecular weight is 361 g/mol. The molecule has 0 amide bonds. The third-order valence-corrected chi connectivity index (χ3v) is 8.26. The summed E-state index contributed by atoms with van der Waals surface area (Å²) in [5.74, 6) is 0. The Hall–Kier alpha value is 0.0569. The van der Waals surface area contributed by atoms with Crippen LogP contribution in [0.25, 0.3) is 0 Å². The molecule has 24 heavy (non-hydrogen) atoms. The van der Waals surface area contributed by atoms with Crippen molar-refractivity contribution in [1.29, 1.82) is 0 Å². The number of unbranched alkanes of at least 4 members (excludes halogenated alkanes) is 3. The van der Waals surface area contributed by atoms with Crippen LogP contribution in [0.15, 0.2) is 0 Å². The summed E-state index contributed by atoms with van der Waals surface area (Å²) in [6.07, 6.45) is 9.58. The second-order valence-corrected chi connectivity index (χ2v) is 9.82. The molecule has 0 unspecified atom stereocenters. The van der Waals surface area contributed by atoms with Crippen LogP contribution in [0.5, 0.6) is 0 Å². The van der Waals surface area contributed by atoms with E-state index in [0.29, 0.717) is 19.8 Å². The molecule has 1 heterocycles. The topological polar surface area (TPSA) is 27.7 Å². The molecule has 1 aliphatic heterocycles. The first-order valence-corrected chi connectivity index (χ1v) is 12.4. The normalized spacial score (nSPS) is 18.0. The molecule has 0 saturated carbocycles. The maximum atomic E-state index is 6.07. The van der Waals surface area contributed by atoms with E-state index in [0.717, 1.165) is 6.04 Å². The molecule has 4 nitrogen and oxygen atoms in total. The number of piperidine rings is 1. The Morgan fingerprint density at radius 3 is 1.79 bits per heavy atom. The van der Waals surface area contributed by atoms with Gasteiger partial charge in [0.15, 0.2) is 0 Å². The fourth-order valence-electron chi connectivity index (χ4n) is 3.99. The minimum Gasteiger partial charge on any atom is -0.374 e. The van der Waals surface area contributed by atoms with Crippen LogP contribution < -0.4 is 0 Å². The molecule has 0 radical (unpaired) electrons. The summed E-state index contributed by atoms with van der Waals surface area (Å²) in [6.45, 7) is 15.7. The van der Waals surface area contributed by atoms with Gasteiger partial charge in [0.05, 0.1) is 32.2 Å². The lowest BCUT2D eigenvalue weighted by molar-refractivity contribution is -0.931. The quantitative estimate of drug-likeness (QED) is 0.257. The number of rotatable bonds is 14. The third kappa shape index (κ3) is 7.52. The van der Waals surface area contributed by atoms with Gasteiger partial charge in [0.2, 0.25) is 0 Å². The highest BCUT2D eigenvalue weighted by Crippen LogP contribution is 2.25. The standard InChI is InChI=1S/C19H42NO3Si/c1-5-9-10-12-15-20(16-13-11-14-17-20)18-19-24(21-6-2,22-7-3)23-8-4/h5-19H2,1-4H3/q+1. The summed E-state index contributed by atoms with van der Waals surface area (Å²) in [5, 5.41) is 0. The molecule has 1 fully saturated rings. The van der Waals surface area contributed by atoms with Gasteiger partial charge >= 0.3 is 8.80 Å². The molecule has 0 aliphatic carbocycles. The zero-order valence-electron chi connectivity index (χ0n) is 16.8. The molecule has 0 aromatic carbocycles. The van der Waals surface area contributed by atoms with Crippen molar-refractivity contribution in [3.63, 3.8) is 0 Å². The fourth-order valence-corrected chi connectivity index (χ4v) is 6.74. The van der Waals surface area contributed by atoms with Crippen molar-refractivity contribution in [2.75, 3.05) is 46.0 Å². The van der Waals surface area contributed by atoms with Crippen molar-refractivity contribution in [3.8, 4) is 0 Å². The molecule has 0 aromatic heterocycles. The summed E-state index contributed by atoms with van der Waals surface area (Å²) in [6, 6.07) is 0.969. The van der Waals surface area contributed by atoms with Gasteiger partial charge in [-0.15, -0.1) is 0 Å². The Bertz CT molecular complexity index is 292. The summed E-state index contributed by atoms with van der Waals surface area (Å²) in [4.78, 5) is 0. The van der Waals surface area contributed by atoms with Gasteiger partial charge < -0.3 is 17.8 Å². The van der Waals surface area contributed by atoms with Crippen LogP contribution in [0.2, 0.25) is 6.04 Å². The highest BCUT2D eigenvalue weighted by Gasteiger charge is 2.44. The summed E-state index contributed by atoms with van der Waals surface area (Å²) >= 11 is 0. The van der Waals surface area contributed by atoms with Crippen LogP contribution >= 0.6 is 0 Å². The Morgan fingerprint density at radius 1 is 0.708 bits per heavy atom. The van der Waals surface area contributed by atoms with Crippen molar-refractivity contribution in [2.24, 2.45) is 0 Å². The van der Waals surface area contributed by atoms with Gasteiger partial charge in [0.25, 0.3) is 0 Å². The van der Waals surface area contributed by atoms with Crippen LogP contribution in [-0.4, -0.2) is 59.3 Å². The molecule has 144 valence electrons. The van der Waals surface area contributed by atoms with Crippen LogP contribution in [0.3, 0.4) is 0 Å². The molecule has 1 saturated heterocycles. The number of quaternary nitrogens is 1. The predicted octanol–water partition coefficient (Wildman–Crippen LogP) is 4.62. The number of hydrogen-bond donors (Lipinski definition) is 0. The molecular formula is C19H42NO3Si+. The van der Waals surface area contributed by atoms with E-state index in [9.17, 15) is 0 Å². The molecule has 5 heteroatoms. The first-order chi connectivity index (χ1) is 11.7. The van der Waals surface area contributed by atoms with E-state index in [1.807, 2.05) is 0 Å². The van der Waals surface area contributed by atoms with Gasteiger partial charge in [-0.05, 0) is 52.9 Å². The Morgan fingerprint density at radius 2 is 1.29 bits per heavy atom. The first kappa shape index (κ1) is 22.1. The molecule has 0 spiro atoms. The van der Waals surface area contributed by atoms with Gasteiger partial charge in [-0.3, -0.25) is 0 Å². The first-order valence-electron chi connectivity index (χ1n) is 10.4. The minimum atomic E-state index is -2.50. The molecule has 0 aromatic rings. The van der Waals surface area contributed by atoms with E-state index in [2.05, 4.69) is 27.7 Å². The summed E-state index contributed by atoms with van der Waals surface area (Å²) in [5.41, 5.74) is 0. The molecule has 0 atom stereocenters. The highest BCUT2D eigenvalue weighted by molar-refractivity contribution is 6.60. The monoisotopic (exact) mass is 360 g/mol. The van der Waals surface area contributed by atoms with Gasteiger partial charge in [-0.2, -0.15) is 0 Å². The lowest BCUT2D eigenvalue weighted by Crippen LogP contribution is -2.56. The van der Waals surface area contributed by atoms with Gasteiger partial charge in [-0.25, -0.2) is 0 Å². The number of hydrogen-bond acceptors (Lipinski definition) is 3. The van der Waals surface area contributed by atoms with E-state index in [4.69, 9.17) is 13.3 Å². The van der Waals surface area contributed by atoms with Crippen LogP contribution in [0.1, 0.15) is 72.6 Å². The summed E-state index contributed by atoms with van der Waals surface area (Å²) in [7, 11) is -2.50. The second kappa shape index (κ2) is 12.4. The fraction of sp³-hybridized carbons (Fsp3) is 1.00. The van der Waals surface area contributed by atoms with Crippen molar-refractivity contribution in [2.45, 2.75) is 78.7 Å². The van der Waals surface area contributed by atoms with Crippen LogP contribution in [-0.2, 0) is 13.3 Å². The van der Waals surface area contributed by atoms with Crippen LogP contribution in [0, 0.1) is 0 Å². The van der Waals surface area contributed by atoms with Gasteiger partial charge in [0, 0.05) is 19.8 Å². The molecule has 0 bridgehead atoms. The van der Waals surface area contributed by atoms with Crippen molar-refractivity contribution in [3.05, 3.63) is 0 Å². The molecule has 1 rings (SSSR count). The second-order valence-electron chi connectivity index (χ2n) is 7.09. The third-order valence-electron chi connectivity index (χ3n) is 5.24. The lowest BCUT2D eigenvalue weighted by atomic mass is 10.1. The minimum absolute atomic E-state index is 0.683. The molecule has 0 N–H and O–H groups in total. The van der Waals surface area contributed by atoms with Crippen molar-refractivity contribution < 1.29 is 17.8 Å². The maximum absolute atomic E-state index is 6.07. The number of likely N-dealkylation sites (tertiary alicyclic amines) is 1. The Balaban J connectivity index is 2.68. The largest absolute Gasteiger partial charge is 0.506 e. The number of nitrogens with zero attached hydrogens (tertiary/aromatic N) is 1. The van der Waals surface area contributed by atoms with E-state index in [1.54, 1.807) is 0 Å². The van der Waals surface area contributed by atoms with Crippen LogP contribution in [0.4, 0.5) is 0 Å². The zero-order chi connectivity index (χ0) is 17.7. The maximum Gasteiger partial charge on any atom is 0.506 e. The van der Waals surface area contributed by atoms with E-state index in [-0.39, 0.29) is 0 Å². The lowest BCUT2D eigenvalue weighted by Gasteiger charge is -2.43. The SMILES string of the molecule is CCCCCC[N+]1(CC[Si](OCC)(OCC)OCC)CCCCC1. The smallest absolute Gasteiger partial charge is 0.374 e. The van der Waals surface area contributed by atoms with E-state index < -0.39 is 8.80 Å². The predicted molar refractivity (Wildman–Crippen MR) is 103 cm³/mol. The zero-order valence-corrected chi connectivity index (χ0v) is 17.8. The molecule has 1 aliphatic rings.